The summed E-state index contributed by atoms with van der Waals surface area (Å²) in [7, 11) is 0. The number of nitrogens with two attached hydrogens (primary N) is 1. The van der Waals surface area contributed by atoms with Gasteiger partial charge in [-0.25, -0.2) is 13.8 Å². The van der Waals surface area contributed by atoms with Gasteiger partial charge in [-0.1, -0.05) is 12.1 Å². The molecule has 1 saturated heterocycles. The van der Waals surface area contributed by atoms with Gasteiger partial charge in [0.2, 0.25) is 0 Å². The zero-order chi connectivity index (χ0) is 23.5. The summed E-state index contributed by atoms with van der Waals surface area (Å²) in [4.78, 5) is 6.45. The largest absolute Gasteiger partial charge is 0.505 e. The maximum absolute atomic E-state index is 14.3. The summed E-state index contributed by atoms with van der Waals surface area (Å²) in [6.45, 7) is 1.45. The van der Waals surface area contributed by atoms with Gasteiger partial charge in [-0.15, -0.1) is 0 Å². The van der Waals surface area contributed by atoms with E-state index in [1.165, 1.54) is 24.3 Å². The Kier molecular flexibility index (Phi) is 6.20. The van der Waals surface area contributed by atoms with E-state index in [-0.39, 0.29) is 39.8 Å². The Balaban J connectivity index is 1.78. The lowest BCUT2D eigenvalue weighted by Gasteiger charge is -2.35. The van der Waals surface area contributed by atoms with Crippen LogP contribution >= 0.6 is 0 Å². The number of phenolic OH excluding ortho intramolecular Hbond substituents is 1. The van der Waals surface area contributed by atoms with Crippen molar-refractivity contribution in [2.24, 2.45) is 10.7 Å². The average molecular weight is 448 g/mol. The molecule has 2 aliphatic heterocycles. The van der Waals surface area contributed by atoms with E-state index in [1.54, 1.807) is 18.4 Å². The number of benzene rings is 2. The minimum Gasteiger partial charge on any atom is -0.505 e. The van der Waals surface area contributed by atoms with E-state index in [0.717, 1.165) is 37.3 Å². The van der Waals surface area contributed by atoms with Crippen molar-refractivity contribution >= 4 is 17.5 Å². The molecule has 2 heterocycles. The van der Waals surface area contributed by atoms with E-state index in [9.17, 15) is 13.9 Å². The Morgan fingerprint density at radius 3 is 2.67 bits per heavy atom. The highest BCUT2D eigenvalue weighted by Crippen LogP contribution is 2.29. The Morgan fingerprint density at radius 1 is 1.21 bits per heavy atom. The molecule has 0 aromatic heterocycles. The first-order chi connectivity index (χ1) is 15.9. The van der Waals surface area contributed by atoms with Crippen LogP contribution in [-0.2, 0) is 0 Å². The predicted octanol–water partition coefficient (Wildman–Crippen LogP) is 3.22. The van der Waals surface area contributed by atoms with E-state index in [0.29, 0.717) is 6.54 Å². The standard InChI is InChI=1S/C24H22F2N6O/c25-18-11-15(3-4-16(18)12-27)23(29)22(14-5-6-20(33)19(26)10-14)24-30-8-7-21(31-24)32-9-1-2-17(28)13-32/h3-8,10-11,17,29,31,33H,1-2,9,13,28H2/b24-22-,29-23?. The Bertz CT molecular complexity index is 1240. The number of piperidine rings is 1. The fourth-order valence-corrected chi connectivity index (χ4v) is 3.89. The third kappa shape index (κ3) is 4.61. The minimum absolute atomic E-state index is 0.0401. The van der Waals surface area contributed by atoms with Crippen LogP contribution in [0, 0.1) is 28.4 Å². The highest BCUT2D eigenvalue weighted by molar-refractivity contribution is 6.31. The van der Waals surface area contributed by atoms with Gasteiger partial charge in [0.15, 0.2) is 11.6 Å². The summed E-state index contributed by atoms with van der Waals surface area (Å²) in [6, 6.07) is 9.36. The van der Waals surface area contributed by atoms with Gasteiger partial charge in [0.1, 0.15) is 23.5 Å². The van der Waals surface area contributed by atoms with Crippen LogP contribution in [0.25, 0.3) is 5.57 Å². The van der Waals surface area contributed by atoms with Crippen molar-refractivity contribution in [2.45, 2.75) is 18.9 Å². The SMILES string of the molecule is N#Cc1ccc(C(=N)/C(=C2/N=CC=C(N3CCCC(N)C3)N2)c2ccc(O)c(F)c2)cc1F. The van der Waals surface area contributed by atoms with E-state index in [4.69, 9.17) is 16.4 Å². The van der Waals surface area contributed by atoms with Crippen molar-refractivity contribution in [3.63, 3.8) is 0 Å². The van der Waals surface area contributed by atoms with Gasteiger partial charge in [-0.3, -0.25) is 5.41 Å². The third-order valence-electron chi connectivity index (χ3n) is 5.58. The first-order valence-corrected chi connectivity index (χ1v) is 10.4. The van der Waals surface area contributed by atoms with Crippen molar-refractivity contribution < 1.29 is 13.9 Å². The zero-order valence-electron chi connectivity index (χ0n) is 17.6. The molecule has 2 aromatic rings. The van der Waals surface area contributed by atoms with E-state index in [2.05, 4.69) is 15.2 Å². The smallest absolute Gasteiger partial charge is 0.165 e. The zero-order valence-corrected chi connectivity index (χ0v) is 17.6. The summed E-state index contributed by atoms with van der Waals surface area (Å²) in [6.07, 6.45) is 5.24. The molecule has 2 aliphatic rings. The molecule has 1 unspecified atom stereocenters. The summed E-state index contributed by atoms with van der Waals surface area (Å²) in [5.74, 6) is -1.13. The molecule has 1 fully saturated rings. The van der Waals surface area contributed by atoms with Crippen molar-refractivity contribution in [3.8, 4) is 11.8 Å². The van der Waals surface area contributed by atoms with Crippen LogP contribution in [0.5, 0.6) is 5.75 Å². The lowest BCUT2D eigenvalue weighted by Crippen LogP contribution is -2.45. The second-order valence-electron chi connectivity index (χ2n) is 7.87. The van der Waals surface area contributed by atoms with Gasteiger partial charge in [-0.05, 0) is 48.7 Å². The molecule has 168 valence electrons. The van der Waals surface area contributed by atoms with Crippen LogP contribution < -0.4 is 11.1 Å². The molecule has 0 spiro atoms. The number of rotatable bonds is 4. The van der Waals surface area contributed by atoms with Crippen LogP contribution in [-0.4, -0.2) is 41.1 Å². The van der Waals surface area contributed by atoms with E-state index in [1.807, 2.05) is 0 Å². The van der Waals surface area contributed by atoms with Crippen LogP contribution in [0.3, 0.4) is 0 Å². The van der Waals surface area contributed by atoms with Crippen molar-refractivity contribution in [1.82, 2.24) is 10.2 Å². The number of hydrogen-bond acceptors (Lipinski definition) is 7. The summed E-state index contributed by atoms with van der Waals surface area (Å²) < 4.78 is 28.5. The van der Waals surface area contributed by atoms with Crippen LogP contribution in [0.4, 0.5) is 8.78 Å². The highest BCUT2D eigenvalue weighted by Gasteiger charge is 2.24. The number of halogens is 2. The summed E-state index contributed by atoms with van der Waals surface area (Å²) >= 11 is 0. The molecule has 9 heteroatoms. The second-order valence-corrected chi connectivity index (χ2v) is 7.87. The Labute approximate surface area is 189 Å². The van der Waals surface area contributed by atoms with Crippen molar-refractivity contribution in [2.75, 3.05) is 13.1 Å². The average Bonchev–Trinajstić information content (AvgIpc) is 2.81. The number of likely N-dealkylation sites (tertiary alicyclic amines) is 1. The number of nitrogens with one attached hydrogen (secondary N) is 2. The second kappa shape index (κ2) is 9.22. The molecule has 5 N–H and O–H groups in total. The molecule has 0 radical (unpaired) electrons. The fraction of sp³-hybridized carbons (Fsp3) is 0.208. The molecular weight excluding hydrogens is 426 g/mol. The molecule has 0 amide bonds. The molecule has 0 saturated carbocycles. The van der Waals surface area contributed by atoms with Gasteiger partial charge in [-0.2, -0.15) is 5.26 Å². The molecule has 33 heavy (non-hydrogen) atoms. The molecule has 0 aliphatic carbocycles. The molecular formula is C24H22F2N6O. The summed E-state index contributed by atoms with van der Waals surface area (Å²) in [5.41, 5.74) is 6.52. The highest BCUT2D eigenvalue weighted by atomic mass is 19.1. The van der Waals surface area contributed by atoms with Gasteiger partial charge in [0.05, 0.1) is 16.8 Å². The van der Waals surface area contributed by atoms with Gasteiger partial charge in [0.25, 0.3) is 0 Å². The summed E-state index contributed by atoms with van der Waals surface area (Å²) in [5, 5.41) is 30.6. The number of aromatic hydroxyl groups is 1. The predicted molar refractivity (Wildman–Crippen MR) is 121 cm³/mol. The monoisotopic (exact) mass is 448 g/mol. The maximum atomic E-state index is 14.3. The normalized spacial score (nSPS) is 19.4. The van der Waals surface area contributed by atoms with Crippen LogP contribution in [0.1, 0.15) is 29.5 Å². The van der Waals surface area contributed by atoms with Gasteiger partial charge >= 0.3 is 0 Å². The quantitative estimate of drug-likeness (QED) is 0.535. The van der Waals surface area contributed by atoms with E-state index < -0.39 is 17.4 Å². The number of aliphatic imine (C=N–C) groups is 1. The number of hydrogen-bond donors (Lipinski definition) is 4. The molecule has 0 bridgehead atoms. The van der Waals surface area contributed by atoms with Crippen LogP contribution in [0.15, 0.2) is 59.1 Å². The number of allylic oxidation sites excluding steroid dienone is 2. The van der Waals surface area contributed by atoms with Gasteiger partial charge in [0, 0.05) is 30.9 Å². The van der Waals surface area contributed by atoms with Crippen LogP contribution in [0.2, 0.25) is 0 Å². The number of nitrogens with zero attached hydrogens (tertiary/aromatic N) is 3. The third-order valence-corrected chi connectivity index (χ3v) is 5.58. The Morgan fingerprint density at radius 2 is 1.97 bits per heavy atom. The minimum atomic E-state index is -0.859. The maximum Gasteiger partial charge on any atom is 0.165 e. The first kappa shape index (κ1) is 22.2. The van der Waals surface area contributed by atoms with E-state index >= 15 is 0 Å². The number of phenols is 1. The molecule has 7 nitrogen and oxygen atoms in total. The number of nitriles is 1. The topological polar surface area (TPSA) is 122 Å². The Hall–Kier alpha value is -4.03. The lowest BCUT2D eigenvalue weighted by atomic mass is 9.94. The molecule has 2 aromatic carbocycles. The van der Waals surface area contributed by atoms with Crippen molar-refractivity contribution in [1.29, 1.82) is 10.7 Å². The first-order valence-electron chi connectivity index (χ1n) is 10.4. The van der Waals surface area contributed by atoms with Gasteiger partial charge < -0.3 is 21.1 Å². The molecule has 1 atom stereocenters. The lowest BCUT2D eigenvalue weighted by molar-refractivity contribution is 0.248. The fourth-order valence-electron chi connectivity index (χ4n) is 3.89. The molecule has 4 rings (SSSR count). The van der Waals surface area contributed by atoms with Crippen molar-refractivity contribution in [3.05, 3.63) is 82.4 Å².